The summed E-state index contributed by atoms with van der Waals surface area (Å²) in [4.78, 5) is 15.3. The summed E-state index contributed by atoms with van der Waals surface area (Å²) in [7, 11) is 0. The molecule has 3 heteroatoms. The highest BCUT2D eigenvalue weighted by Gasteiger charge is 2.15. The maximum Gasteiger partial charge on any atom is 0.164 e. The second-order valence-corrected chi connectivity index (χ2v) is 13.7. The van der Waals surface area contributed by atoms with Gasteiger partial charge in [0.1, 0.15) is 0 Å². The van der Waals surface area contributed by atoms with Gasteiger partial charge >= 0.3 is 0 Å². The minimum atomic E-state index is 0.635. The first-order valence-electron chi connectivity index (χ1n) is 18.3. The summed E-state index contributed by atoms with van der Waals surface area (Å²) in [5.74, 6) is 1.91. The predicted molar refractivity (Wildman–Crippen MR) is 225 cm³/mol. The van der Waals surface area contributed by atoms with Gasteiger partial charge in [-0.3, -0.25) is 0 Å². The molecule has 0 N–H and O–H groups in total. The fraction of sp³-hybridized carbons (Fsp3) is 0. The van der Waals surface area contributed by atoms with E-state index in [1.165, 1.54) is 43.6 Å². The Bertz CT molecular complexity index is 2970. The average Bonchev–Trinajstić information content (AvgIpc) is 3.26. The van der Waals surface area contributed by atoms with Crippen LogP contribution in [0.15, 0.2) is 200 Å². The van der Waals surface area contributed by atoms with Crippen LogP contribution >= 0.6 is 0 Å². The number of nitrogens with zero attached hydrogens (tertiary/aromatic N) is 3. The normalized spacial score (nSPS) is 11.3. The molecule has 252 valence electrons. The van der Waals surface area contributed by atoms with E-state index >= 15 is 0 Å². The Morgan fingerprint density at radius 2 is 0.630 bits per heavy atom. The third-order valence-electron chi connectivity index (χ3n) is 10.3. The maximum atomic E-state index is 5.11. The van der Waals surface area contributed by atoms with Gasteiger partial charge in [-0.15, -0.1) is 0 Å². The number of fused-ring (bicyclic) bond motifs is 3. The summed E-state index contributed by atoms with van der Waals surface area (Å²) >= 11 is 0. The SMILES string of the molecule is c1cc(-c2ccc(-c3cccc4ccccc34)cc2)cc(-c2nc(-c3ccc(-c4cccc5ccccc45)cc3)nc(-c3ccc4ccccc4c3)n2)c1. The monoisotopic (exact) mass is 687 g/mol. The molecule has 0 bridgehead atoms. The standard InChI is InChI=1S/C51H33N3/c1-2-13-41-33-44(31-24-34(41)10-1)51-53-49(40-29-27-39(28-30-40)48-21-9-15-37-12-4-6-19-46(37)48)52-50(54-51)43-17-7-16-42(32-43)35-22-25-38(26-23-35)47-20-8-14-36-11-3-5-18-45(36)47/h1-33H. The van der Waals surface area contributed by atoms with E-state index in [0.29, 0.717) is 17.5 Å². The summed E-state index contributed by atoms with van der Waals surface area (Å²) in [6.45, 7) is 0. The van der Waals surface area contributed by atoms with Crippen molar-refractivity contribution in [3.05, 3.63) is 200 Å². The van der Waals surface area contributed by atoms with E-state index in [1.807, 2.05) is 0 Å². The van der Waals surface area contributed by atoms with Gasteiger partial charge in [0.2, 0.25) is 0 Å². The topological polar surface area (TPSA) is 38.7 Å². The van der Waals surface area contributed by atoms with Gasteiger partial charge in [-0.1, -0.05) is 188 Å². The molecule has 3 nitrogen and oxygen atoms in total. The fourth-order valence-corrected chi connectivity index (χ4v) is 7.52. The van der Waals surface area contributed by atoms with E-state index in [1.54, 1.807) is 0 Å². The van der Waals surface area contributed by atoms with Crippen molar-refractivity contribution in [3.63, 3.8) is 0 Å². The van der Waals surface area contributed by atoms with Gasteiger partial charge in [0, 0.05) is 16.7 Å². The molecule has 9 aromatic carbocycles. The predicted octanol–water partition coefficient (Wildman–Crippen LogP) is 13.3. The molecule has 54 heavy (non-hydrogen) atoms. The Balaban J connectivity index is 1.04. The van der Waals surface area contributed by atoms with Crippen molar-refractivity contribution in [2.45, 2.75) is 0 Å². The van der Waals surface area contributed by atoms with Crippen molar-refractivity contribution >= 4 is 32.3 Å². The third kappa shape index (κ3) is 5.88. The van der Waals surface area contributed by atoms with Crippen LogP contribution in [0.5, 0.6) is 0 Å². The Kier molecular flexibility index (Phi) is 7.81. The molecule has 0 aliphatic carbocycles. The summed E-state index contributed by atoms with van der Waals surface area (Å²) < 4.78 is 0. The number of aromatic nitrogens is 3. The first kappa shape index (κ1) is 31.5. The van der Waals surface area contributed by atoms with Crippen LogP contribution in [-0.2, 0) is 0 Å². The van der Waals surface area contributed by atoms with E-state index in [9.17, 15) is 0 Å². The number of hydrogen-bond donors (Lipinski definition) is 0. The summed E-state index contributed by atoms with van der Waals surface area (Å²) in [5, 5.41) is 7.28. The lowest BCUT2D eigenvalue weighted by molar-refractivity contribution is 1.07. The molecular weight excluding hydrogens is 655 g/mol. The van der Waals surface area contributed by atoms with E-state index in [-0.39, 0.29) is 0 Å². The Morgan fingerprint density at radius 1 is 0.222 bits per heavy atom. The van der Waals surface area contributed by atoms with Crippen LogP contribution in [-0.4, -0.2) is 15.0 Å². The van der Waals surface area contributed by atoms with E-state index < -0.39 is 0 Å². The first-order chi connectivity index (χ1) is 26.7. The van der Waals surface area contributed by atoms with E-state index in [2.05, 4.69) is 200 Å². The van der Waals surface area contributed by atoms with Gasteiger partial charge in [0.05, 0.1) is 0 Å². The van der Waals surface area contributed by atoms with Crippen LogP contribution in [0.3, 0.4) is 0 Å². The first-order valence-corrected chi connectivity index (χ1v) is 18.3. The second-order valence-electron chi connectivity index (χ2n) is 13.7. The molecule has 0 fully saturated rings. The van der Waals surface area contributed by atoms with Crippen LogP contribution in [0.2, 0.25) is 0 Å². The lowest BCUT2D eigenvalue weighted by atomic mass is 9.96. The quantitative estimate of drug-likeness (QED) is 0.175. The van der Waals surface area contributed by atoms with Gasteiger partial charge in [0.25, 0.3) is 0 Å². The molecule has 10 aromatic rings. The Hall–Kier alpha value is -7.23. The summed E-state index contributed by atoms with van der Waals surface area (Å²) in [5.41, 5.74) is 9.84. The molecule has 0 atom stereocenters. The molecule has 1 aromatic heterocycles. The van der Waals surface area contributed by atoms with Crippen molar-refractivity contribution in [1.29, 1.82) is 0 Å². The van der Waals surface area contributed by atoms with Crippen molar-refractivity contribution in [3.8, 4) is 67.5 Å². The Labute approximate surface area is 313 Å². The zero-order valence-electron chi connectivity index (χ0n) is 29.4. The van der Waals surface area contributed by atoms with Crippen LogP contribution in [0.25, 0.3) is 99.9 Å². The average molecular weight is 688 g/mol. The van der Waals surface area contributed by atoms with Crippen molar-refractivity contribution in [2.24, 2.45) is 0 Å². The lowest BCUT2D eigenvalue weighted by Crippen LogP contribution is -2.00. The van der Waals surface area contributed by atoms with E-state index in [4.69, 9.17) is 15.0 Å². The maximum absolute atomic E-state index is 5.11. The van der Waals surface area contributed by atoms with Crippen molar-refractivity contribution in [1.82, 2.24) is 15.0 Å². The van der Waals surface area contributed by atoms with Crippen LogP contribution in [0, 0.1) is 0 Å². The van der Waals surface area contributed by atoms with Gasteiger partial charge < -0.3 is 0 Å². The van der Waals surface area contributed by atoms with Crippen molar-refractivity contribution in [2.75, 3.05) is 0 Å². The highest BCUT2D eigenvalue weighted by atomic mass is 15.0. The minimum Gasteiger partial charge on any atom is -0.208 e. The van der Waals surface area contributed by atoms with Gasteiger partial charge in [-0.2, -0.15) is 0 Å². The van der Waals surface area contributed by atoms with Gasteiger partial charge in [-0.25, -0.2) is 15.0 Å². The molecule has 0 spiro atoms. The van der Waals surface area contributed by atoms with Crippen molar-refractivity contribution < 1.29 is 0 Å². The smallest absolute Gasteiger partial charge is 0.164 e. The Morgan fingerprint density at radius 3 is 1.24 bits per heavy atom. The lowest BCUT2D eigenvalue weighted by Gasteiger charge is -2.12. The third-order valence-corrected chi connectivity index (χ3v) is 10.3. The summed E-state index contributed by atoms with van der Waals surface area (Å²) in [6.07, 6.45) is 0. The molecule has 0 saturated carbocycles. The largest absolute Gasteiger partial charge is 0.208 e. The van der Waals surface area contributed by atoms with Crippen LogP contribution in [0.1, 0.15) is 0 Å². The zero-order valence-corrected chi connectivity index (χ0v) is 29.4. The molecule has 0 aliphatic rings. The number of hydrogen-bond acceptors (Lipinski definition) is 3. The van der Waals surface area contributed by atoms with Crippen LogP contribution in [0.4, 0.5) is 0 Å². The summed E-state index contributed by atoms with van der Waals surface area (Å²) in [6, 6.07) is 70.7. The molecule has 0 saturated heterocycles. The highest BCUT2D eigenvalue weighted by molar-refractivity contribution is 5.98. The zero-order chi connectivity index (χ0) is 35.8. The molecule has 0 amide bonds. The fourth-order valence-electron chi connectivity index (χ4n) is 7.52. The molecule has 1 heterocycles. The number of rotatable bonds is 6. The second kappa shape index (κ2) is 13.4. The number of benzene rings is 9. The molecule has 0 unspecified atom stereocenters. The minimum absolute atomic E-state index is 0.635. The van der Waals surface area contributed by atoms with E-state index in [0.717, 1.165) is 38.8 Å². The molecule has 0 aliphatic heterocycles. The van der Waals surface area contributed by atoms with Gasteiger partial charge in [0.15, 0.2) is 17.5 Å². The molecular formula is C51H33N3. The molecule has 10 rings (SSSR count). The molecule has 0 radical (unpaired) electrons. The van der Waals surface area contributed by atoms with Crippen LogP contribution < -0.4 is 0 Å². The highest BCUT2D eigenvalue weighted by Crippen LogP contribution is 2.34. The van der Waals surface area contributed by atoms with Gasteiger partial charge in [-0.05, 0) is 77.8 Å².